The topological polar surface area (TPSA) is 29.9 Å². The fourth-order valence-electron chi connectivity index (χ4n) is 2.27. The van der Waals surface area contributed by atoms with Crippen molar-refractivity contribution in [3.8, 4) is 0 Å². The molecular formula is C12H19N3. The van der Waals surface area contributed by atoms with Gasteiger partial charge in [0.25, 0.3) is 0 Å². The number of hydrogen-bond donors (Lipinski definition) is 1. The Bertz CT molecular complexity index is 323. The van der Waals surface area contributed by atoms with Gasteiger partial charge in [-0.05, 0) is 25.2 Å². The molecule has 82 valence electrons. The van der Waals surface area contributed by atoms with Gasteiger partial charge in [-0.15, -0.1) is 0 Å². The highest BCUT2D eigenvalue weighted by Gasteiger charge is 2.25. The van der Waals surface area contributed by atoms with Crippen LogP contribution < -0.4 is 5.32 Å². The molecule has 0 spiro atoms. The van der Waals surface area contributed by atoms with Gasteiger partial charge in [-0.2, -0.15) is 0 Å². The summed E-state index contributed by atoms with van der Waals surface area (Å²) >= 11 is 0. The predicted molar refractivity (Wildman–Crippen MR) is 60.9 cm³/mol. The van der Waals surface area contributed by atoms with E-state index in [4.69, 9.17) is 0 Å². The molecule has 2 saturated carbocycles. The summed E-state index contributed by atoms with van der Waals surface area (Å²) in [5.41, 5.74) is 0. The van der Waals surface area contributed by atoms with Crippen LogP contribution in [0.3, 0.4) is 0 Å². The number of imidazole rings is 1. The van der Waals surface area contributed by atoms with Crippen LogP contribution in [0.25, 0.3) is 0 Å². The van der Waals surface area contributed by atoms with E-state index in [9.17, 15) is 0 Å². The van der Waals surface area contributed by atoms with Gasteiger partial charge in [-0.3, -0.25) is 0 Å². The van der Waals surface area contributed by atoms with Gasteiger partial charge >= 0.3 is 0 Å². The molecule has 1 heterocycles. The van der Waals surface area contributed by atoms with Crippen LogP contribution in [0.1, 0.15) is 44.6 Å². The van der Waals surface area contributed by atoms with E-state index in [1.807, 2.05) is 6.20 Å². The highest BCUT2D eigenvalue weighted by molar-refractivity contribution is 5.27. The van der Waals surface area contributed by atoms with Gasteiger partial charge in [0.1, 0.15) is 0 Å². The molecule has 0 bridgehead atoms. The largest absolute Gasteiger partial charge is 0.356 e. The van der Waals surface area contributed by atoms with Crippen LogP contribution in [0.4, 0.5) is 5.95 Å². The maximum atomic E-state index is 4.37. The minimum absolute atomic E-state index is 0.735. The maximum Gasteiger partial charge on any atom is 0.203 e. The van der Waals surface area contributed by atoms with Crippen molar-refractivity contribution >= 4 is 5.95 Å². The lowest BCUT2D eigenvalue weighted by Gasteiger charge is -2.25. The third-order valence-corrected chi connectivity index (χ3v) is 3.67. The van der Waals surface area contributed by atoms with Gasteiger partial charge in [-0.25, -0.2) is 4.98 Å². The van der Waals surface area contributed by atoms with E-state index in [2.05, 4.69) is 21.1 Å². The van der Waals surface area contributed by atoms with E-state index in [1.165, 1.54) is 38.5 Å². The minimum atomic E-state index is 0.735. The molecule has 0 aliphatic heterocycles. The van der Waals surface area contributed by atoms with Crippen molar-refractivity contribution in [3.05, 3.63) is 12.4 Å². The highest BCUT2D eigenvalue weighted by Crippen LogP contribution is 2.36. The molecule has 0 amide bonds. The Balaban J connectivity index is 1.49. The van der Waals surface area contributed by atoms with Gasteiger partial charge in [0.05, 0.1) is 0 Å². The Hall–Kier alpha value is -0.990. The summed E-state index contributed by atoms with van der Waals surface area (Å²) < 4.78 is 2.29. The average molecular weight is 205 g/mol. The second-order valence-corrected chi connectivity index (χ2v) is 4.90. The first kappa shape index (κ1) is 9.25. The van der Waals surface area contributed by atoms with E-state index in [0.717, 1.165) is 24.5 Å². The van der Waals surface area contributed by atoms with Crippen LogP contribution in [0, 0.1) is 5.92 Å². The lowest BCUT2D eigenvalue weighted by molar-refractivity contribution is 0.302. The average Bonchev–Trinajstić information content (AvgIpc) is 2.91. The summed E-state index contributed by atoms with van der Waals surface area (Å²) in [5, 5.41) is 3.47. The second-order valence-electron chi connectivity index (χ2n) is 4.90. The number of rotatable bonds is 5. The molecule has 2 aliphatic carbocycles. The lowest BCUT2D eigenvalue weighted by Crippen LogP contribution is -2.16. The van der Waals surface area contributed by atoms with Gasteiger partial charge in [0, 0.05) is 25.0 Å². The Morgan fingerprint density at radius 2 is 2.20 bits per heavy atom. The van der Waals surface area contributed by atoms with Crippen molar-refractivity contribution in [3.63, 3.8) is 0 Å². The zero-order chi connectivity index (χ0) is 10.1. The SMILES string of the molecule is c1cn(C2CC2)c(NCCC2CCC2)n1. The molecule has 3 heteroatoms. The van der Waals surface area contributed by atoms with Crippen molar-refractivity contribution in [2.45, 2.75) is 44.6 Å². The molecule has 1 aromatic heterocycles. The fraction of sp³-hybridized carbons (Fsp3) is 0.750. The molecular weight excluding hydrogens is 186 g/mol. The van der Waals surface area contributed by atoms with E-state index in [1.54, 1.807) is 0 Å². The van der Waals surface area contributed by atoms with Gasteiger partial charge in [0.15, 0.2) is 0 Å². The molecule has 15 heavy (non-hydrogen) atoms. The Morgan fingerprint density at radius 1 is 1.33 bits per heavy atom. The summed E-state index contributed by atoms with van der Waals surface area (Å²) in [7, 11) is 0. The molecule has 2 aliphatic rings. The first-order valence-corrected chi connectivity index (χ1v) is 6.20. The van der Waals surface area contributed by atoms with Crippen molar-refractivity contribution in [2.24, 2.45) is 5.92 Å². The Morgan fingerprint density at radius 3 is 2.87 bits per heavy atom. The number of hydrogen-bond acceptors (Lipinski definition) is 2. The maximum absolute atomic E-state index is 4.37. The van der Waals surface area contributed by atoms with Crippen LogP contribution in [0.2, 0.25) is 0 Å². The lowest BCUT2D eigenvalue weighted by atomic mass is 9.83. The molecule has 1 aromatic rings. The molecule has 1 N–H and O–H groups in total. The second kappa shape index (κ2) is 3.87. The summed E-state index contributed by atoms with van der Waals surface area (Å²) in [6.07, 6.45) is 12.3. The molecule has 0 atom stereocenters. The van der Waals surface area contributed by atoms with Crippen LogP contribution in [-0.4, -0.2) is 16.1 Å². The quantitative estimate of drug-likeness (QED) is 0.801. The molecule has 3 rings (SSSR count). The van der Waals surface area contributed by atoms with E-state index >= 15 is 0 Å². The van der Waals surface area contributed by atoms with Crippen molar-refractivity contribution < 1.29 is 0 Å². The number of aromatic nitrogens is 2. The summed E-state index contributed by atoms with van der Waals surface area (Å²) in [6, 6.07) is 0.735. The molecule has 0 unspecified atom stereocenters. The van der Waals surface area contributed by atoms with Crippen LogP contribution >= 0.6 is 0 Å². The number of nitrogens with zero attached hydrogens (tertiary/aromatic N) is 2. The molecule has 0 saturated heterocycles. The minimum Gasteiger partial charge on any atom is -0.356 e. The van der Waals surface area contributed by atoms with Gasteiger partial charge < -0.3 is 9.88 Å². The van der Waals surface area contributed by atoms with Crippen LogP contribution in [-0.2, 0) is 0 Å². The van der Waals surface area contributed by atoms with Crippen molar-refractivity contribution in [1.29, 1.82) is 0 Å². The van der Waals surface area contributed by atoms with Crippen molar-refractivity contribution in [1.82, 2.24) is 9.55 Å². The zero-order valence-corrected chi connectivity index (χ0v) is 9.15. The number of anilines is 1. The van der Waals surface area contributed by atoms with Crippen LogP contribution in [0.15, 0.2) is 12.4 Å². The van der Waals surface area contributed by atoms with Gasteiger partial charge in [0.2, 0.25) is 5.95 Å². The third kappa shape index (κ3) is 2.01. The van der Waals surface area contributed by atoms with Crippen LogP contribution in [0.5, 0.6) is 0 Å². The van der Waals surface area contributed by atoms with Crippen molar-refractivity contribution in [2.75, 3.05) is 11.9 Å². The first-order valence-electron chi connectivity index (χ1n) is 6.20. The zero-order valence-electron chi connectivity index (χ0n) is 9.15. The smallest absolute Gasteiger partial charge is 0.203 e. The Labute approximate surface area is 90.9 Å². The molecule has 2 fully saturated rings. The summed E-state index contributed by atoms with van der Waals surface area (Å²) in [6.45, 7) is 1.09. The first-order chi connectivity index (χ1) is 7.43. The van der Waals surface area contributed by atoms with E-state index in [0.29, 0.717) is 0 Å². The Kier molecular flexibility index (Phi) is 2.39. The molecule has 0 aromatic carbocycles. The molecule has 3 nitrogen and oxygen atoms in total. The summed E-state index contributed by atoms with van der Waals surface area (Å²) in [4.78, 5) is 4.37. The predicted octanol–water partition coefficient (Wildman–Crippen LogP) is 2.82. The number of nitrogens with one attached hydrogen (secondary N) is 1. The monoisotopic (exact) mass is 205 g/mol. The summed E-state index contributed by atoms with van der Waals surface area (Å²) in [5.74, 6) is 2.07. The third-order valence-electron chi connectivity index (χ3n) is 3.67. The van der Waals surface area contributed by atoms with E-state index < -0.39 is 0 Å². The van der Waals surface area contributed by atoms with E-state index in [-0.39, 0.29) is 0 Å². The standard InChI is InChI=1S/C12H19N3/c1-2-10(3-1)6-7-13-12-14-8-9-15(12)11-4-5-11/h8-11H,1-7H2,(H,13,14). The highest BCUT2D eigenvalue weighted by atomic mass is 15.2. The molecule has 0 radical (unpaired) electrons. The normalized spacial score (nSPS) is 21.3. The van der Waals surface area contributed by atoms with Gasteiger partial charge in [-0.1, -0.05) is 19.3 Å². The fourth-order valence-corrected chi connectivity index (χ4v) is 2.27.